The van der Waals surface area contributed by atoms with Crippen LogP contribution >= 0.6 is 0 Å². The number of anilines is 1. The molecule has 1 heterocycles. The van der Waals surface area contributed by atoms with E-state index in [-0.39, 0.29) is 5.56 Å². The van der Waals surface area contributed by atoms with Gasteiger partial charge in [0, 0.05) is 17.4 Å². The molecule has 0 radical (unpaired) electrons. The van der Waals surface area contributed by atoms with E-state index in [4.69, 9.17) is 0 Å². The van der Waals surface area contributed by atoms with E-state index in [0.717, 1.165) is 0 Å². The van der Waals surface area contributed by atoms with Gasteiger partial charge >= 0.3 is 0 Å². The minimum absolute atomic E-state index is 0.142. The van der Waals surface area contributed by atoms with Crippen LogP contribution in [0.3, 0.4) is 0 Å². The molecule has 1 aromatic heterocycles. The van der Waals surface area contributed by atoms with Gasteiger partial charge in [-0.1, -0.05) is 12.0 Å². The Hall–Kier alpha value is -3.52. The molecular weight excluding hydrogens is 322 g/mol. The summed E-state index contributed by atoms with van der Waals surface area (Å²) in [6.45, 7) is 0. The van der Waals surface area contributed by atoms with Crippen LogP contribution in [0.1, 0.15) is 21.6 Å². The highest BCUT2D eigenvalue weighted by Crippen LogP contribution is 2.14. The van der Waals surface area contributed by atoms with Gasteiger partial charge in [0.15, 0.2) is 0 Å². The van der Waals surface area contributed by atoms with E-state index in [1.165, 1.54) is 42.5 Å². The molecule has 25 heavy (non-hydrogen) atoms. The van der Waals surface area contributed by atoms with Gasteiger partial charge in [0.2, 0.25) is 0 Å². The van der Waals surface area contributed by atoms with E-state index in [9.17, 15) is 13.6 Å². The second-order valence-electron chi connectivity index (χ2n) is 5.12. The molecule has 0 bridgehead atoms. The Balaban J connectivity index is 1.83. The van der Waals surface area contributed by atoms with Crippen molar-refractivity contribution in [2.45, 2.75) is 0 Å². The minimum Gasteiger partial charge on any atom is -0.322 e. The Bertz CT molecular complexity index is 958. The zero-order valence-electron chi connectivity index (χ0n) is 13.0. The highest BCUT2D eigenvalue weighted by Gasteiger charge is 2.12. The maximum atomic E-state index is 14.0. The standard InChI is InChI=1S/C20H12F2N2O/c21-15-6-9-17(10-7-15)24-20(25)18-13-14(5-11-19(18)22)4-8-16-3-1-2-12-23-16/h1-3,5-7,9-13H,(H,24,25). The third-order valence-corrected chi connectivity index (χ3v) is 3.31. The number of nitrogens with zero attached hydrogens (tertiary/aromatic N) is 1. The summed E-state index contributed by atoms with van der Waals surface area (Å²) < 4.78 is 26.9. The summed E-state index contributed by atoms with van der Waals surface area (Å²) >= 11 is 0. The maximum Gasteiger partial charge on any atom is 0.258 e. The van der Waals surface area contributed by atoms with Crippen molar-refractivity contribution in [1.29, 1.82) is 0 Å². The molecule has 0 aliphatic carbocycles. The van der Waals surface area contributed by atoms with Gasteiger partial charge in [0.05, 0.1) is 5.56 Å². The summed E-state index contributed by atoms with van der Waals surface area (Å²) in [5, 5.41) is 2.52. The average Bonchev–Trinajstić information content (AvgIpc) is 2.64. The zero-order chi connectivity index (χ0) is 17.6. The molecular formula is C20H12F2N2O. The van der Waals surface area contributed by atoms with Crippen LogP contribution in [0.25, 0.3) is 0 Å². The largest absolute Gasteiger partial charge is 0.322 e. The first-order valence-corrected chi connectivity index (χ1v) is 7.41. The Morgan fingerprint density at radius 3 is 2.48 bits per heavy atom. The van der Waals surface area contributed by atoms with Gasteiger partial charge in [0.1, 0.15) is 17.3 Å². The lowest BCUT2D eigenvalue weighted by Gasteiger charge is -2.06. The fourth-order valence-corrected chi connectivity index (χ4v) is 2.08. The lowest BCUT2D eigenvalue weighted by atomic mass is 10.1. The Morgan fingerprint density at radius 2 is 1.76 bits per heavy atom. The van der Waals surface area contributed by atoms with Crippen molar-refractivity contribution < 1.29 is 13.6 Å². The molecule has 5 heteroatoms. The monoisotopic (exact) mass is 334 g/mol. The van der Waals surface area contributed by atoms with Crippen LogP contribution in [-0.2, 0) is 0 Å². The lowest BCUT2D eigenvalue weighted by Crippen LogP contribution is -2.14. The number of aromatic nitrogens is 1. The van der Waals surface area contributed by atoms with Crippen molar-refractivity contribution in [3.63, 3.8) is 0 Å². The topological polar surface area (TPSA) is 42.0 Å². The van der Waals surface area contributed by atoms with Crippen LogP contribution in [0, 0.1) is 23.5 Å². The summed E-state index contributed by atoms with van der Waals surface area (Å²) in [4.78, 5) is 16.3. The summed E-state index contributed by atoms with van der Waals surface area (Å²) in [7, 11) is 0. The number of nitrogens with one attached hydrogen (secondary N) is 1. The van der Waals surface area contributed by atoms with Gasteiger partial charge in [-0.05, 0) is 60.5 Å². The van der Waals surface area contributed by atoms with E-state index in [0.29, 0.717) is 16.9 Å². The molecule has 3 rings (SSSR count). The van der Waals surface area contributed by atoms with Crippen molar-refractivity contribution in [2.24, 2.45) is 0 Å². The zero-order valence-corrected chi connectivity index (χ0v) is 13.0. The molecule has 122 valence electrons. The number of benzene rings is 2. The molecule has 0 aliphatic rings. The van der Waals surface area contributed by atoms with Crippen LogP contribution in [-0.4, -0.2) is 10.9 Å². The van der Waals surface area contributed by atoms with E-state index in [2.05, 4.69) is 22.1 Å². The van der Waals surface area contributed by atoms with Crippen LogP contribution in [0.4, 0.5) is 14.5 Å². The molecule has 0 unspecified atom stereocenters. The normalized spacial score (nSPS) is 9.84. The summed E-state index contributed by atoms with van der Waals surface area (Å²) in [5.74, 6) is 3.97. The molecule has 2 aromatic carbocycles. The van der Waals surface area contributed by atoms with Gasteiger partial charge < -0.3 is 5.32 Å². The molecule has 0 saturated carbocycles. The fraction of sp³-hybridized carbons (Fsp3) is 0. The van der Waals surface area contributed by atoms with Crippen molar-refractivity contribution in [1.82, 2.24) is 4.98 Å². The van der Waals surface area contributed by atoms with Gasteiger partial charge in [0.25, 0.3) is 5.91 Å². The molecule has 0 atom stereocenters. The summed E-state index contributed by atoms with van der Waals surface area (Å²) in [6, 6.07) is 14.6. The Kier molecular flexibility index (Phi) is 4.82. The number of pyridine rings is 1. The lowest BCUT2D eigenvalue weighted by molar-refractivity contribution is 0.102. The first-order valence-electron chi connectivity index (χ1n) is 7.41. The highest BCUT2D eigenvalue weighted by molar-refractivity contribution is 6.04. The smallest absolute Gasteiger partial charge is 0.258 e. The number of hydrogen-bond acceptors (Lipinski definition) is 2. The molecule has 3 nitrogen and oxygen atoms in total. The predicted octanol–water partition coefficient (Wildman–Crippen LogP) is 4.01. The fourth-order valence-electron chi connectivity index (χ4n) is 2.08. The third kappa shape index (κ3) is 4.27. The van der Waals surface area contributed by atoms with E-state index < -0.39 is 17.5 Å². The molecule has 0 saturated heterocycles. The van der Waals surface area contributed by atoms with Crippen molar-refractivity contribution in [3.05, 3.63) is 95.3 Å². The number of carbonyl (C=O) groups excluding carboxylic acids is 1. The SMILES string of the molecule is O=C(Nc1ccc(F)cc1)c1cc(C#Cc2ccccn2)ccc1F. The first-order chi connectivity index (χ1) is 12.1. The molecule has 0 spiro atoms. The summed E-state index contributed by atoms with van der Waals surface area (Å²) in [5.41, 5.74) is 1.29. The molecule has 1 amide bonds. The van der Waals surface area contributed by atoms with Gasteiger partial charge in [-0.3, -0.25) is 4.79 Å². The van der Waals surface area contributed by atoms with Crippen molar-refractivity contribution in [2.75, 3.05) is 5.32 Å². The van der Waals surface area contributed by atoms with E-state index >= 15 is 0 Å². The van der Waals surface area contributed by atoms with Crippen LogP contribution in [0.15, 0.2) is 66.9 Å². The van der Waals surface area contributed by atoms with E-state index in [1.54, 1.807) is 18.3 Å². The van der Waals surface area contributed by atoms with E-state index in [1.807, 2.05) is 6.07 Å². The first kappa shape index (κ1) is 16.3. The molecule has 0 fully saturated rings. The van der Waals surface area contributed by atoms with Gasteiger partial charge in [-0.2, -0.15) is 0 Å². The van der Waals surface area contributed by atoms with Crippen LogP contribution < -0.4 is 5.32 Å². The molecule has 1 N–H and O–H groups in total. The van der Waals surface area contributed by atoms with Gasteiger partial charge in [-0.25, -0.2) is 13.8 Å². The summed E-state index contributed by atoms with van der Waals surface area (Å²) in [6.07, 6.45) is 1.62. The molecule has 3 aromatic rings. The number of halogens is 2. The highest BCUT2D eigenvalue weighted by atomic mass is 19.1. The quantitative estimate of drug-likeness (QED) is 0.720. The predicted molar refractivity (Wildman–Crippen MR) is 91.0 cm³/mol. The van der Waals surface area contributed by atoms with Crippen molar-refractivity contribution in [3.8, 4) is 11.8 Å². The number of carbonyl (C=O) groups is 1. The van der Waals surface area contributed by atoms with Crippen LogP contribution in [0.5, 0.6) is 0 Å². The number of hydrogen-bond donors (Lipinski definition) is 1. The maximum absolute atomic E-state index is 14.0. The second kappa shape index (κ2) is 7.37. The minimum atomic E-state index is -0.664. The van der Waals surface area contributed by atoms with Crippen molar-refractivity contribution >= 4 is 11.6 Å². The Morgan fingerprint density at radius 1 is 0.960 bits per heavy atom. The average molecular weight is 334 g/mol. The van der Waals surface area contributed by atoms with Crippen LogP contribution in [0.2, 0.25) is 0 Å². The number of amides is 1. The number of rotatable bonds is 2. The third-order valence-electron chi connectivity index (χ3n) is 3.31. The van der Waals surface area contributed by atoms with Gasteiger partial charge in [-0.15, -0.1) is 0 Å². The molecule has 0 aliphatic heterocycles. The second-order valence-corrected chi connectivity index (χ2v) is 5.12. The Labute approximate surface area is 143 Å².